The van der Waals surface area contributed by atoms with Gasteiger partial charge in [-0.15, -0.1) is 12.4 Å². The number of carbonyl (C=O) groups is 1. The van der Waals surface area contributed by atoms with E-state index in [4.69, 9.17) is 0 Å². The van der Waals surface area contributed by atoms with Crippen LogP contribution in [-0.4, -0.2) is 33.5 Å². The van der Waals surface area contributed by atoms with Gasteiger partial charge in [0.2, 0.25) is 0 Å². The molecule has 0 radical (unpaired) electrons. The number of carbonyl (C=O) groups excluding carboxylic acids is 1. The molecule has 0 saturated carbocycles. The van der Waals surface area contributed by atoms with Crippen LogP contribution in [0.25, 0.3) is 0 Å². The molecule has 1 unspecified atom stereocenters. The van der Waals surface area contributed by atoms with Gasteiger partial charge in [-0.1, -0.05) is 0 Å². The fourth-order valence-corrected chi connectivity index (χ4v) is 4.15. The second-order valence-corrected chi connectivity index (χ2v) is 7.91. The number of nitrogens with one attached hydrogen (secondary N) is 3. The first kappa shape index (κ1) is 21.1. The fourth-order valence-electron chi connectivity index (χ4n) is 2.86. The van der Waals surface area contributed by atoms with E-state index in [-0.39, 0.29) is 29.3 Å². The van der Waals surface area contributed by atoms with Crippen molar-refractivity contribution >= 4 is 34.0 Å². The number of benzene rings is 2. The van der Waals surface area contributed by atoms with Gasteiger partial charge >= 0.3 is 0 Å². The van der Waals surface area contributed by atoms with Crippen molar-refractivity contribution in [2.24, 2.45) is 0 Å². The summed E-state index contributed by atoms with van der Waals surface area (Å²) in [6.45, 7) is 3.16. The van der Waals surface area contributed by atoms with E-state index in [9.17, 15) is 17.6 Å². The Hall–Kier alpha value is -2.16. The maximum absolute atomic E-state index is 13.2. The molecule has 1 heterocycles. The Bertz CT molecular complexity index is 914. The molecule has 6 nitrogen and oxygen atoms in total. The van der Waals surface area contributed by atoms with Gasteiger partial charge in [-0.3, -0.25) is 9.52 Å². The minimum absolute atomic E-state index is 0. The summed E-state index contributed by atoms with van der Waals surface area (Å²) in [6.07, 6.45) is 0.890. The molecule has 2 aromatic carbocycles. The van der Waals surface area contributed by atoms with Gasteiger partial charge in [0.1, 0.15) is 5.82 Å². The SMILES string of the molecule is Cc1cc(F)ccc1S(=O)(=O)Nc1ccc(C(=O)NC2CCNC2)cc1.Cl. The van der Waals surface area contributed by atoms with Gasteiger partial charge in [0.25, 0.3) is 15.9 Å². The zero-order valence-corrected chi connectivity index (χ0v) is 16.3. The second-order valence-electron chi connectivity index (χ2n) is 6.26. The Morgan fingerprint density at radius 1 is 1.19 bits per heavy atom. The quantitative estimate of drug-likeness (QED) is 0.702. The van der Waals surface area contributed by atoms with Crippen molar-refractivity contribution in [3.8, 4) is 0 Å². The van der Waals surface area contributed by atoms with Crippen LogP contribution in [0.5, 0.6) is 0 Å². The maximum Gasteiger partial charge on any atom is 0.262 e. The summed E-state index contributed by atoms with van der Waals surface area (Å²) in [5.74, 6) is -0.684. The van der Waals surface area contributed by atoms with E-state index < -0.39 is 15.8 Å². The summed E-state index contributed by atoms with van der Waals surface area (Å²) in [6, 6.07) is 9.79. The van der Waals surface area contributed by atoms with Crippen LogP contribution in [0.15, 0.2) is 47.4 Å². The van der Waals surface area contributed by atoms with Gasteiger partial charge in [-0.25, -0.2) is 12.8 Å². The Labute approximate surface area is 164 Å². The zero-order chi connectivity index (χ0) is 18.7. The smallest absolute Gasteiger partial charge is 0.262 e. The minimum Gasteiger partial charge on any atom is -0.348 e. The third-order valence-corrected chi connectivity index (χ3v) is 5.76. The van der Waals surface area contributed by atoms with Crippen LogP contribution < -0.4 is 15.4 Å². The summed E-state index contributed by atoms with van der Waals surface area (Å²) < 4.78 is 40.5. The molecule has 0 aromatic heterocycles. The van der Waals surface area contributed by atoms with Crippen LogP contribution >= 0.6 is 12.4 Å². The number of rotatable bonds is 5. The predicted octanol–water partition coefficient (Wildman–Crippen LogP) is 2.45. The molecule has 3 rings (SSSR count). The van der Waals surface area contributed by atoms with Crippen LogP contribution in [0.4, 0.5) is 10.1 Å². The summed E-state index contributed by atoms with van der Waals surface area (Å²) >= 11 is 0. The lowest BCUT2D eigenvalue weighted by Gasteiger charge is -2.13. The van der Waals surface area contributed by atoms with Crippen molar-refractivity contribution < 1.29 is 17.6 Å². The molecule has 146 valence electrons. The van der Waals surface area contributed by atoms with E-state index in [0.29, 0.717) is 16.8 Å². The number of aryl methyl sites for hydroxylation is 1. The molecular weight excluding hydrogens is 393 g/mol. The molecule has 2 aromatic rings. The molecule has 1 amide bonds. The van der Waals surface area contributed by atoms with Crippen molar-refractivity contribution in [3.05, 3.63) is 59.4 Å². The standard InChI is InChI=1S/C18H20FN3O3S.ClH/c1-12-10-14(19)4-7-17(12)26(24,25)22-15-5-2-13(3-6-15)18(23)21-16-8-9-20-11-16;/h2-7,10,16,20,22H,8-9,11H2,1H3,(H,21,23);1H. The lowest BCUT2D eigenvalue weighted by Crippen LogP contribution is -2.36. The molecule has 1 aliphatic heterocycles. The molecule has 0 aliphatic carbocycles. The normalized spacial score (nSPS) is 16.4. The lowest BCUT2D eigenvalue weighted by molar-refractivity contribution is 0.0940. The highest BCUT2D eigenvalue weighted by Crippen LogP contribution is 2.20. The van der Waals surface area contributed by atoms with Crippen LogP contribution in [-0.2, 0) is 10.0 Å². The zero-order valence-electron chi connectivity index (χ0n) is 14.7. The summed E-state index contributed by atoms with van der Waals surface area (Å²) in [5, 5.41) is 6.10. The number of hydrogen-bond donors (Lipinski definition) is 3. The number of anilines is 1. The first-order chi connectivity index (χ1) is 12.3. The first-order valence-electron chi connectivity index (χ1n) is 8.26. The third-order valence-electron chi connectivity index (χ3n) is 4.22. The molecule has 0 spiro atoms. The van der Waals surface area contributed by atoms with Crippen molar-refractivity contribution in [3.63, 3.8) is 0 Å². The Kier molecular flexibility index (Phi) is 6.80. The summed E-state index contributed by atoms with van der Waals surface area (Å²) in [4.78, 5) is 12.2. The first-order valence-corrected chi connectivity index (χ1v) is 9.74. The third kappa shape index (κ3) is 5.18. The van der Waals surface area contributed by atoms with E-state index >= 15 is 0 Å². The average molecular weight is 414 g/mol. The molecule has 9 heteroatoms. The highest BCUT2D eigenvalue weighted by atomic mass is 35.5. The average Bonchev–Trinajstić information content (AvgIpc) is 3.07. The van der Waals surface area contributed by atoms with Crippen molar-refractivity contribution in [1.29, 1.82) is 0 Å². The lowest BCUT2D eigenvalue weighted by atomic mass is 10.1. The van der Waals surface area contributed by atoms with Crippen LogP contribution in [0.3, 0.4) is 0 Å². The Morgan fingerprint density at radius 3 is 2.48 bits per heavy atom. The van der Waals surface area contributed by atoms with Gasteiger partial charge in [0.05, 0.1) is 4.90 Å². The van der Waals surface area contributed by atoms with Gasteiger partial charge in [-0.05, 0) is 67.9 Å². The summed E-state index contributed by atoms with van der Waals surface area (Å²) in [7, 11) is -3.84. The molecule has 27 heavy (non-hydrogen) atoms. The molecule has 1 saturated heterocycles. The van der Waals surface area contributed by atoms with E-state index in [0.717, 1.165) is 25.6 Å². The van der Waals surface area contributed by atoms with E-state index in [2.05, 4.69) is 15.4 Å². The Balaban J connectivity index is 0.00000261. The highest BCUT2D eigenvalue weighted by molar-refractivity contribution is 7.92. The number of amides is 1. The number of halogens is 2. The van der Waals surface area contributed by atoms with E-state index in [1.807, 2.05) is 0 Å². The predicted molar refractivity (Wildman–Crippen MR) is 104 cm³/mol. The van der Waals surface area contributed by atoms with E-state index in [1.165, 1.54) is 31.2 Å². The largest absolute Gasteiger partial charge is 0.348 e. The molecule has 1 aliphatic rings. The molecule has 1 fully saturated rings. The minimum atomic E-state index is -3.84. The Morgan fingerprint density at radius 2 is 1.89 bits per heavy atom. The monoisotopic (exact) mass is 413 g/mol. The fraction of sp³-hybridized carbons (Fsp3) is 0.278. The van der Waals surface area contributed by atoms with Crippen LogP contribution in [0.2, 0.25) is 0 Å². The summed E-state index contributed by atoms with van der Waals surface area (Å²) in [5.41, 5.74) is 1.10. The van der Waals surface area contributed by atoms with Crippen molar-refractivity contribution in [2.45, 2.75) is 24.3 Å². The molecule has 0 bridgehead atoms. The maximum atomic E-state index is 13.2. The molecular formula is C18H21ClFN3O3S. The van der Waals surface area contributed by atoms with Gasteiger partial charge < -0.3 is 10.6 Å². The van der Waals surface area contributed by atoms with Crippen molar-refractivity contribution in [2.75, 3.05) is 17.8 Å². The van der Waals surface area contributed by atoms with Crippen LogP contribution in [0.1, 0.15) is 22.3 Å². The van der Waals surface area contributed by atoms with Gasteiger partial charge in [0.15, 0.2) is 0 Å². The van der Waals surface area contributed by atoms with Gasteiger partial charge in [-0.2, -0.15) is 0 Å². The topological polar surface area (TPSA) is 87.3 Å². The molecule has 1 atom stereocenters. The van der Waals surface area contributed by atoms with Crippen molar-refractivity contribution in [1.82, 2.24) is 10.6 Å². The van der Waals surface area contributed by atoms with Gasteiger partial charge in [0, 0.05) is 23.8 Å². The second kappa shape index (κ2) is 8.69. The molecule has 3 N–H and O–H groups in total. The van der Waals surface area contributed by atoms with Crippen LogP contribution in [0, 0.1) is 12.7 Å². The highest BCUT2D eigenvalue weighted by Gasteiger charge is 2.19. The van der Waals surface area contributed by atoms with E-state index in [1.54, 1.807) is 12.1 Å². The number of sulfonamides is 1. The number of hydrogen-bond acceptors (Lipinski definition) is 4.